The second kappa shape index (κ2) is 7.11. The molecule has 108 valence electrons. The summed E-state index contributed by atoms with van der Waals surface area (Å²) >= 11 is 5.19. The minimum absolute atomic E-state index is 0.0814. The molecule has 2 N–H and O–H groups in total. The van der Waals surface area contributed by atoms with Gasteiger partial charge in [-0.2, -0.15) is 0 Å². The van der Waals surface area contributed by atoms with Crippen LogP contribution < -0.4 is 15.2 Å². The summed E-state index contributed by atoms with van der Waals surface area (Å²) < 4.78 is 12.3. The van der Waals surface area contributed by atoms with Crippen LogP contribution in [0.15, 0.2) is 34.1 Å². The number of methoxy groups -OCH3 is 1. The van der Waals surface area contributed by atoms with Gasteiger partial charge in [-0.05, 0) is 64.5 Å². The molecule has 0 radical (unpaired) electrons. The minimum Gasteiger partial charge on any atom is -0.497 e. The summed E-state index contributed by atoms with van der Waals surface area (Å²) in [5.41, 5.74) is 6.97. The molecule has 0 saturated carbocycles. The van der Waals surface area contributed by atoms with Crippen LogP contribution in [0.2, 0.25) is 0 Å². The van der Waals surface area contributed by atoms with E-state index < -0.39 is 0 Å². The van der Waals surface area contributed by atoms with Gasteiger partial charge in [0.1, 0.15) is 18.1 Å². The van der Waals surface area contributed by atoms with Crippen LogP contribution in [0.3, 0.4) is 0 Å². The first-order valence-corrected chi connectivity index (χ1v) is 8.04. The number of halogens is 1. The molecule has 1 aromatic heterocycles. The van der Waals surface area contributed by atoms with Crippen molar-refractivity contribution >= 4 is 27.3 Å². The van der Waals surface area contributed by atoms with Crippen molar-refractivity contribution in [3.05, 3.63) is 44.6 Å². The number of thiophene rings is 1. The highest BCUT2D eigenvalue weighted by atomic mass is 79.9. The molecule has 0 fully saturated rings. The zero-order valence-electron chi connectivity index (χ0n) is 11.6. The molecule has 0 aliphatic rings. The van der Waals surface area contributed by atoms with Crippen molar-refractivity contribution in [3.8, 4) is 11.5 Å². The highest BCUT2D eigenvalue weighted by Crippen LogP contribution is 2.28. The maximum Gasteiger partial charge on any atom is 0.124 e. The molecule has 0 spiro atoms. The molecule has 20 heavy (non-hydrogen) atoms. The maximum atomic E-state index is 5.93. The lowest BCUT2D eigenvalue weighted by Crippen LogP contribution is -2.18. The van der Waals surface area contributed by atoms with Crippen molar-refractivity contribution < 1.29 is 9.47 Å². The Bertz CT molecular complexity index is 569. The van der Waals surface area contributed by atoms with Crippen LogP contribution in [0.4, 0.5) is 0 Å². The van der Waals surface area contributed by atoms with Crippen molar-refractivity contribution in [2.45, 2.75) is 26.0 Å². The minimum atomic E-state index is 0.0814. The number of nitrogens with two attached hydrogens (primary N) is 1. The fraction of sp³-hybridized carbons (Fsp3) is 0.333. The van der Waals surface area contributed by atoms with E-state index in [1.54, 1.807) is 18.4 Å². The van der Waals surface area contributed by atoms with Crippen LogP contribution in [0, 0.1) is 0 Å². The first-order chi connectivity index (χ1) is 9.60. The van der Waals surface area contributed by atoms with Gasteiger partial charge in [0.25, 0.3) is 0 Å². The molecular formula is C15H18BrNO2S. The Labute approximate surface area is 131 Å². The monoisotopic (exact) mass is 355 g/mol. The molecular weight excluding hydrogens is 338 g/mol. The molecule has 1 aromatic carbocycles. The Morgan fingerprint density at radius 1 is 1.35 bits per heavy atom. The van der Waals surface area contributed by atoms with Gasteiger partial charge in [-0.1, -0.05) is 0 Å². The summed E-state index contributed by atoms with van der Waals surface area (Å²) in [6.45, 7) is 2.54. The smallest absolute Gasteiger partial charge is 0.124 e. The normalized spacial score (nSPS) is 12.2. The van der Waals surface area contributed by atoms with Gasteiger partial charge in [-0.25, -0.2) is 0 Å². The van der Waals surface area contributed by atoms with Gasteiger partial charge in [0.15, 0.2) is 0 Å². The molecule has 0 aliphatic heterocycles. The topological polar surface area (TPSA) is 44.5 Å². The van der Waals surface area contributed by atoms with Crippen molar-refractivity contribution in [2.75, 3.05) is 7.11 Å². The Hall–Kier alpha value is -1.04. The fourth-order valence-electron chi connectivity index (χ4n) is 1.90. The SMILES string of the molecule is COc1ccc(OCc2sccc2Br)c(CC(C)N)c1. The second-order valence-electron chi connectivity index (χ2n) is 4.64. The summed E-state index contributed by atoms with van der Waals surface area (Å²) in [4.78, 5) is 1.17. The van der Waals surface area contributed by atoms with E-state index in [9.17, 15) is 0 Å². The summed E-state index contributed by atoms with van der Waals surface area (Å²) in [7, 11) is 1.66. The van der Waals surface area contributed by atoms with Gasteiger partial charge in [-0.3, -0.25) is 0 Å². The van der Waals surface area contributed by atoms with E-state index in [1.165, 1.54) is 4.88 Å². The van der Waals surface area contributed by atoms with Crippen molar-refractivity contribution in [1.29, 1.82) is 0 Å². The number of hydrogen-bond acceptors (Lipinski definition) is 4. The van der Waals surface area contributed by atoms with Crippen molar-refractivity contribution in [3.63, 3.8) is 0 Å². The van der Waals surface area contributed by atoms with E-state index in [1.807, 2.05) is 36.6 Å². The van der Waals surface area contributed by atoms with E-state index in [2.05, 4.69) is 15.9 Å². The Morgan fingerprint density at radius 2 is 2.15 bits per heavy atom. The van der Waals surface area contributed by atoms with E-state index in [4.69, 9.17) is 15.2 Å². The average molecular weight is 356 g/mol. The Balaban J connectivity index is 2.15. The summed E-state index contributed by atoms with van der Waals surface area (Å²) in [6, 6.07) is 7.95. The second-order valence-corrected chi connectivity index (χ2v) is 6.49. The highest BCUT2D eigenvalue weighted by molar-refractivity contribution is 9.10. The molecule has 3 nitrogen and oxygen atoms in total. The molecule has 0 saturated heterocycles. The van der Waals surface area contributed by atoms with E-state index in [0.29, 0.717) is 6.61 Å². The fourth-order valence-corrected chi connectivity index (χ4v) is 3.28. The van der Waals surface area contributed by atoms with Crippen molar-refractivity contribution in [2.24, 2.45) is 5.73 Å². The van der Waals surface area contributed by atoms with Gasteiger partial charge in [0.2, 0.25) is 0 Å². The molecule has 5 heteroatoms. The number of rotatable bonds is 6. The maximum absolute atomic E-state index is 5.93. The Kier molecular flexibility index (Phi) is 5.46. The molecule has 2 rings (SSSR count). The van der Waals surface area contributed by atoms with Crippen LogP contribution in [0.5, 0.6) is 11.5 Å². The van der Waals surface area contributed by atoms with E-state index >= 15 is 0 Å². The number of benzene rings is 1. The predicted molar refractivity (Wildman–Crippen MR) is 86.7 cm³/mol. The average Bonchev–Trinajstić information content (AvgIpc) is 2.82. The van der Waals surface area contributed by atoms with Gasteiger partial charge in [0, 0.05) is 10.5 Å². The predicted octanol–water partition coefficient (Wildman–Crippen LogP) is 3.99. The Morgan fingerprint density at radius 3 is 2.75 bits per heavy atom. The summed E-state index contributed by atoms with van der Waals surface area (Å²) in [6.07, 6.45) is 0.762. The van der Waals surface area contributed by atoms with E-state index in [-0.39, 0.29) is 6.04 Å². The molecule has 1 heterocycles. The molecule has 0 bridgehead atoms. The van der Waals surface area contributed by atoms with Crippen LogP contribution in [-0.4, -0.2) is 13.2 Å². The standard InChI is InChI=1S/C15H18BrNO2S/c1-10(17)7-11-8-12(18-2)3-4-14(11)19-9-15-13(16)5-6-20-15/h3-6,8,10H,7,9,17H2,1-2H3. The quantitative estimate of drug-likeness (QED) is 0.851. The van der Waals surface area contributed by atoms with Gasteiger partial charge >= 0.3 is 0 Å². The van der Waals surface area contributed by atoms with Crippen LogP contribution >= 0.6 is 27.3 Å². The molecule has 0 aliphatic carbocycles. The molecule has 1 unspecified atom stereocenters. The third-order valence-electron chi connectivity index (χ3n) is 2.86. The molecule has 2 aromatic rings. The number of ether oxygens (including phenoxy) is 2. The third-order valence-corrected chi connectivity index (χ3v) is 4.76. The summed E-state index contributed by atoms with van der Waals surface area (Å²) in [5.74, 6) is 1.69. The van der Waals surface area contributed by atoms with Crippen LogP contribution in [0.25, 0.3) is 0 Å². The van der Waals surface area contributed by atoms with Crippen molar-refractivity contribution in [1.82, 2.24) is 0 Å². The lowest BCUT2D eigenvalue weighted by molar-refractivity contribution is 0.304. The van der Waals surface area contributed by atoms with Gasteiger partial charge in [0.05, 0.1) is 12.0 Å². The third kappa shape index (κ3) is 3.98. The highest BCUT2D eigenvalue weighted by Gasteiger charge is 2.10. The summed E-state index contributed by atoms with van der Waals surface area (Å²) in [5, 5.41) is 2.04. The zero-order valence-corrected chi connectivity index (χ0v) is 14.0. The molecule has 1 atom stereocenters. The lowest BCUT2D eigenvalue weighted by Gasteiger charge is -2.14. The van der Waals surface area contributed by atoms with Gasteiger partial charge in [-0.15, -0.1) is 11.3 Å². The number of hydrogen-bond donors (Lipinski definition) is 1. The zero-order chi connectivity index (χ0) is 14.5. The molecule has 0 amide bonds. The largest absolute Gasteiger partial charge is 0.497 e. The first kappa shape index (κ1) is 15.4. The van der Waals surface area contributed by atoms with Gasteiger partial charge < -0.3 is 15.2 Å². The first-order valence-electron chi connectivity index (χ1n) is 6.37. The lowest BCUT2D eigenvalue weighted by atomic mass is 10.1. The van der Waals surface area contributed by atoms with Crippen LogP contribution in [-0.2, 0) is 13.0 Å². The van der Waals surface area contributed by atoms with Crippen LogP contribution in [0.1, 0.15) is 17.4 Å². The van der Waals surface area contributed by atoms with E-state index in [0.717, 1.165) is 28.0 Å².